The van der Waals surface area contributed by atoms with E-state index in [9.17, 15) is 4.79 Å². The minimum Gasteiger partial charge on any atom is -0.397 e. The van der Waals surface area contributed by atoms with Gasteiger partial charge >= 0.3 is 0 Å². The van der Waals surface area contributed by atoms with Gasteiger partial charge in [-0.3, -0.25) is 4.79 Å². The number of halogens is 1. The molecule has 0 aliphatic heterocycles. The number of anilines is 1. The summed E-state index contributed by atoms with van der Waals surface area (Å²) >= 11 is 5.82. The molecule has 0 aliphatic carbocycles. The summed E-state index contributed by atoms with van der Waals surface area (Å²) in [5.74, 6) is -0.234. The van der Waals surface area contributed by atoms with Crippen LogP contribution in [0.2, 0.25) is 5.02 Å². The van der Waals surface area contributed by atoms with Gasteiger partial charge in [0.2, 0.25) is 0 Å². The topological polar surface area (TPSA) is 68.0 Å². The van der Waals surface area contributed by atoms with E-state index >= 15 is 0 Å². The predicted octanol–water partition coefficient (Wildman–Crippen LogP) is 2.81. The summed E-state index contributed by atoms with van der Waals surface area (Å²) in [6.45, 7) is 1.90. The van der Waals surface area contributed by atoms with E-state index in [1.54, 1.807) is 24.3 Å². The number of benzene rings is 1. The van der Waals surface area contributed by atoms with Gasteiger partial charge in [0.1, 0.15) is 5.69 Å². The fourth-order valence-electron chi connectivity index (χ4n) is 1.64. The largest absolute Gasteiger partial charge is 0.397 e. The van der Waals surface area contributed by atoms with Crippen LogP contribution >= 0.6 is 11.6 Å². The van der Waals surface area contributed by atoms with Crippen molar-refractivity contribution in [3.8, 4) is 0 Å². The molecule has 1 amide bonds. The highest BCUT2D eigenvalue weighted by Gasteiger charge is 2.12. The molecule has 19 heavy (non-hydrogen) atoms. The van der Waals surface area contributed by atoms with Crippen LogP contribution in [0, 0.1) is 0 Å². The fourth-order valence-corrected chi connectivity index (χ4v) is 1.77. The number of hydrogen-bond donors (Lipinski definition) is 2. The Labute approximate surface area is 116 Å². The van der Waals surface area contributed by atoms with Crippen LogP contribution in [-0.2, 0) is 0 Å². The minimum atomic E-state index is -0.234. The molecule has 3 N–H and O–H groups in total. The summed E-state index contributed by atoms with van der Waals surface area (Å²) in [5.41, 5.74) is 7.38. The Bertz CT molecular complexity index is 566. The summed E-state index contributed by atoms with van der Waals surface area (Å²) in [5, 5.41) is 3.54. The Hall–Kier alpha value is -2.07. The molecule has 1 atom stereocenters. The lowest BCUT2D eigenvalue weighted by Gasteiger charge is -2.14. The van der Waals surface area contributed by atoms with Crippen molar-refractivity contribution >= 4 is 23.2 Å². The predicted molar refractivity (Wildman–Crippen MR) is 76.0 cm³/mol. The molecule has 0 radical (unpaired) electrons. The van der Waals surface area contributed by atoms with Crippen molar-refractivity contribution in [2.24, 2.45) is 0 Å². The number of amides is 1. The minimum absolute atomic E-state index is 0.121. The molecule has 2 aromatic rings. The molecule has 0 bridgehead atoms. The van der Waals surface area contributed by atoms with Gasteiger partial charge in [0, 0.05) is 5.02 Å². The lowest BCUT2D eigenvalue weighted by Crippen LogP contribution is -2.27. The number of aromatic nitrogens is 1. The molecule has 5 heteroatoms. The van der Waals surface area contributed by atoms with Crippen LogP contribution in [0.3, 0.4) is 0 Å². The summed E-state index contributed by atoms with van der Waals surface area (Å²) in [7, 11) is 0. The SMILES string of the molecule is C[C@@H](NC(=O)c1ccc(N)cn1)c1ccc(Cl)cc1. The third kappa shape index (κ3) is 3.45. The molecule has 98 valence electrons. The number of carbonyl (C=O) groups excluding carboxylic acids is 1. The highest BCUT2D eigenvalue weighted by Crippen LogP contribution is 2.16. The van der Waals surface area contributed by atoms with E-state index in [-0.39, 0.29) is 11.9 Å². The summed E-state index contributed by atoms with van der Waals surface area (Å²) in [6.07, 6.45) is 1.46. The summed E-state index contributed by atoms with van der Waals surface area (Å²) in [4.78, 5) is 15.9. The average Bonchev–Trinajstić information content (AvgIpc) is 2.40. The highest BCUT2D eigenvalue weighted by molar-refractivity contribution is 6.30. The van der Waals surface area contributed by atoms with Gasteiger partial charge in [-0.2, -0.15) is 0 Å². The van der Waals surface area contributed by atoms with Crippen molar-refractivity contribution < 1.29 is 4.79 Å². The molecule has 0 unspecified atom stereocenters. The van der Waals surface area contributed by atoms with Crippen LogP contribution in [0.15, 0.2) is 42.6 Å². The number of carbonyl (C=O) groups is 1. The van der Waals surface area contributed by atoms with E-state index in [0.717, 1.165) is 5.56 Å². The van der Waals surface area contributed by atoms with Crippen LogP contribution < -0.4 is 11.1 Å². The van der Waals surface area contributed by atoms with Gasteiger partial charge in [0.15, 0.2) is 0 Å². The Kier molecular flexibility index (Phi) is 4.02. The molecule has 0 saturated carbocycles. The first-order valence-electron chi connectivity index (χ1n) is 5.84. The monoisotopic (exact) mass is 275 g/mol. The first kappa shape index (κ1) is 13.4. The van der Waals surface area contributed by atoms with Crippen molar-refractivity contribution in [2.45, 2.75) is 13.0 Å². The van der Waals surface area contributed by atoms with Crippen LogP contribution in [0.25, 0.3) is 0 Å². The Balaban J connectivity index is 2.06. The quantitative estimate of drug-likeness (QED) is 0.905. The van der Waals surface area contributed by atoms with Gasteiger partial charge in [0.25, 0.3) is 5.91 Å². The number of hydrogen-bond acceptors (Lipinski definition) is 3. The molecule has 1 heterocycles. The van der Waals surface area contributed by atoms with Crippen LogP contribution in [-0.4, -0.2) is 10.9 Å². The van der Waals surface area contributed by atoms with Gasteiger partial charge in [-0.1, -0.05) is 23.7 Å². The van der Waals surface area contributed by atoms with Gasteiger partial charge in [-0.25, -0.2) is 4.98 Å². The number of nitrogens with one attached hydrogen (secondary N) is 1. The number of nitrogens with two attached hydrogens (primary N) is 1. The van der Waals surface area contributed by atoms with Gasteiger partial charge in [-0.05, 0) is 36.8 Å². The summed E-state index contributed by atoms with van der Waals surface area (Å²) in [6, 6.07) is 10.5. The molecule has 1 aromatic carbocycles. The molecular weight excluding hydrogens is 262 g/mol. The van der Waals surface area contributed by atoms with E-state index in [1.807, 2.05) is 19.1 Å². The number of rotatable bonds is 3. The molecule has 0 fully saturated rings. The Morgan fingerprint density at radius 2 is 1.95 bits per heavy atom. The second kappa shape index (κ2) is 5.71. The van der Waals surface area contributed by atoms with E-state index in [1.165, 1.54) is 6.20 Å². The van der Waals surface area contributed by atoms with Gasteiger partial charge < -0.3 is 11.1 Å². The maximum Gasteiger partial charge on any atom is 0.270 e. The first-order chi connectivity index (χ1) is 9.06. The molecule has 0 saturated heterocycles. The third-order valence-corrected chi connectivity index (χ3v) is 2.99. The van der Waals surface area contributed by atoms with E-state index < -0.39 is 0 Å². The zero-order valence-electron chi connectivity index (χ0n) is 10.4. The lowest BCUT2D eigenvalue weighted by atomic mass is 10.1. The molecular formula is C14H14ClN3O. The normalized spacial score (nSPS) is 11.9. The van der Waals surface area contributed by atoms with Crippen molar-refractivity contribution in [1.82, 2.24) is 10.3 Å². The third-order valence-electron chi connectivity index (χ3n) is 2.74. The van der Waals surface area contributed by atoms with E-state index in [4.69, 9.17) is 17.3 Å². The van der Waals surface area contributed by atoms with Crippen LogP contribution in [0.1, 0.15) is 29.0 Å². The van der Waals surface area contributed by atoms with E-state index in [0.29, 0.717) is 16.4 Å². The maximum absolute atomic E-state index is 12.0. The zero-order valence-corrected chi connectivity index (χ0v) is 11.2. The smallest absolute Gasteiger partial charge is 0.270 e. The molecule has 0 aliphatic rings. The Morgan fingerprint density at radius 3 is 2.53 bits per heavy atom. The van der Waals surface area contributed by atoms with Crippen molar-refractivity contribution in [3.63, 3.8) is 0 Å². The van der Waals surface area contributed by atoms with Crippen molar-refractivity contribution in [1.29, 1.82) is 0 Å². The van der Waals surface area contributed by atoms with Crippen LogP contribution in [0.4, 0.5) is 5.69 Å². The first-order valence-corrected chi connectivity index (χ1v) is 6.22. The van der Waals surface area contributed by atoms with Crippen LogP contribution in [0.5, 0.6) is 0 Å². The van der Waals surface area contributed by atoms with Crippen molar-refractivity contribution in [2.75, 3.05) is 5.73 Å². The highest BCUT2D eigenvalue weighted by atomic mass is 35.5. The standard InChI is InChI=1S/C14H14ClN3O/c1-9(10-2-4-11(15)5-3-10)18-14(19)13-7-6-12(16)8-17-13/h2-9H,16H2,1H3,(H,18,19)/t9-/m1/s1. The fraction of sp³-hybridized carbons (Fsp3) is 0.143. The van der Waals surface area contributed by atoms with Crippen molar-refractivity contribution in [3.05, 3.63) is 58.9 Å². The second-order valence-electron chi connectivity index (χ2n) is 4.22. The van der Waals surface area contributed by atoms with E-state index in [2.05, 4.69) is 10.3 Å². The number of nitrogens with zero attached hydrogens (tertiary/aromatic N) is 1. The molecule has 2 rings (SSSR count). The maximum atomic E-state index is 12.0. The Morgan fingerprint density at radius 1 is 1.26 bits per heavy atom. The lowest BCUT2D eigenvalue weighted by molar-refractivity contribution is 0.0935. The zero-order chi connectivity index (χ0) is 13.8. The molecule has 1 aromatic heterocycles. The van der Waals surface area contributed by atoms with Gasteiger partial charge in [-0.15, -0.1) is 0 Å². The average molecular weight is 276 g/mol. The number of nitrogen functional groups attached to an aromatic ring is 1. The number of pyridine rings is 1. The van der Waals surface area contributed by atoms with Gasteiger partial charge in [0.05, 0.1) is 17.9 Å². The summed E-state index contributed by atoms with van der Waals surface area (Å²) < 4.78 is 0. The second-order valence-corrected chi connectivity index (χ2v) is 4.66. The molecule has 4 nitrogen and oxygen atoms in total. The molecule has 0 spiro atoms.